The molecule has 2 aromatic rings. The zero-order valence-corrected chi connectivity index (χ0v) is 10.6. The monoisotopic (exact) mass is 260 g/mol. The zero-order valence-electron chi connectivity index (χ0n) is 9.75. The summed E-state index contributed by atoms with van der Waals surface area (Å²) in [6, 6.07) is 10.5. The Balaban J connectivity index is 2.04. The highest BCUT2D eigenvalue weighted by Gasteiger charge is 2.01. The predicted molar refractivity (Wildman–Crippen MR) is 73.7 cm³/mol. The lowest BCUT2D eigenvalue weighted by atomic mass is 10.2. The van der Waals surface area contributed by atoms with Crippen molar-refractivity contribution in [2.24, 2.45) is 5.10 Å². The van der Waals surface area contributed by atoms with E-state index in [1.807, 2.05) is 19.1 Å². The van der Waals surface area contributed by atoms with E-state index in [0.29, 0.717) is 5.69 Å². The standard InChI is InChI=1S/C13H12N2O2S/c1-9-5-6-12(18-9)8-14-15-11-4-2-3-10(7-11)13(16)17/h2-8,15H,1H3,(H,16,17)/b14-8+. The van der Waals surface area contributed by atoms with Gasteiger partial charge in [-0.05, 0) is 37.3 Å². The maximum absolute atomic E-state index is 10.8. The molecule has 2 rings (SSSR count). The van der Waals surface area contributed by atoms with Gasteiger partial charge in [-0.1, -0.05) is 6.07 Å². The molecule has 18 heavy (non-hydrogen) atoms. The molecular formula is C13H12N2O2S. The third-order valence-corrected chi connectivity index (χ3v) is 3.19. The van der Waals surface area contributed by atoms with Crippen LogP contribution in [-0.2, 0) is 0 Å². The number of benzene rings is 1. The van der Waals surface area contributed by atoms with Crippen molar-refractivity contribution in [1.29, 1.82) is 0 Å². The van der Waals surface area contributed by atoms with Crippen LogP contribution in [0.25, 0.3) is 0 Å². The summed E-state index contributed by atoms with van der Waals surface area (Å²) in [4.78, 5) is 13.1. The minimum Gasteiger partial charge on any atom is -0.478 e. The highest BCUT2D eigenvalue weighted by molar-refractivity contribution is 7.13. The molecule has 0 fully saturated rings. The number of aryl methyl sites for hydroxylation is 1. The van der Waals surface area contributed by atoms with Crippen LogP contribution in [0.2, 0.25) is 0 Å². The van der Waals surface area contributed by atoms with Crippen LogP contribution in [0, 0.1) is 6.92 Å². The minimum atomic E-state index is -0.948. The van der Waals surface area contributed by atoms with Gasteiger partial charge in [0.2, 0.25) is 0 Å². The number of anilines is 1. The van der Waals surface area contributed by atoms with Crippen molar-refractivity contribution in [3.05, 3.63) is 51.7 Å². The second-order valence-electron chi connectivity index (χ2n) is 3.70. The van der Waals surface area contributed by atoms with Crippen LogP contribution in [0.1, 0.15) is 20.1 Å². The molecule has 92 valence electrons. The van der Waals surface area contributed by atoms with Crippen LogP contribution >= 0.6 is 11.3 Å². The van der Waals surface area contributed by atoms with Crippen LogP contribution in [-0.4, -0.2) is 17.3 Å². The van der Waals surface area contributed by atoms with E-state index in [4.69, 9.17) is 5.11 Å². The number of hydrazone groups is 1. The molecule has 5 heteroatoms. The molecule has 1 heterocycles. The van der Waals surface area contributed by atoms with Gasteiger partial charge in [0.05, 0.1) is 17.5 Å². The predicted octanol–water partition coefficient (Wildman–Crippen LogP) is 3.20. The summed E-state index contributed by atoms with van der Waals surface area (Å²) >= 11 is 1.65. The van der Waals surface area contributed by atoms with E-state index in [2.05, 4.69) is 10.5 Å². The number of hydrogen-bond acceptors (Lipinski definition) is 4. The quantitative estimate of drug-likeness (QED) is 0.655. The van der Waals surface area contributed by atoms with E-state index in [1.54, 1.807) is 41.8 Å². The number of aromatic carboxylic acids is 1. The Morgan fingerprint density at radius 3 is 2.89 bits per heavy atom. The average Bonchev–Trinajstić information content (AvgIpc) is 2.75. The number of rotatable bonds is 4. The summed E-state index contributed by atoms with van der Waals surface area (Å²) in [6.45, 7) is 2.03. The Morgan fingerprint density at radius 2 is 2.22 bits per heavy atom. The van der Waals surface area contributed by atoms with Gasteiger partial charge in [0.1, 0.15) is 0 Å². The molecule has 2 N–H and O–H groups in total. The molecule has 0 bridgehead atoms. The molecule has 0 spiro atoms. The van der Waals surface area contributed by atoms with Crippen LogP contribution in [0.15, 0.2) is 41.5 Å². The number of hydrogen-bond donors (Lipinski definition) is 2. The Bertz CT molecular complexity index is 590. The molecule has 0 unspecified atom stereocenters. The summed E-state index contributed by atoms with van der Waals surface area (Å²) in [5.74, 6) is -0.948. The maximum Gasteiger partial charge on any atom is 0.335 e. The first-order chi connectivity index (χ1) is 8.65. The van der Waals surface area contributed by atoms with Crippen molar-refractivity contribution >= 4 is 29.2 Å². The van der Waals surface area contributed by atoms with Crippen molar-refractivity contribution in [1.82, 2.24) is 0 Å². The van der Waals surface area contributed by atoms with Crippen LogP contribution in [0.4, 0.5) is 5.69 Å². The van der Waals surface area contributed by atoms with Crippen molar-refractivity contribution in [3.63, 3.8) is 0 Å². The number of carboxylic acid groups (broad SMARTS) is 1. The minimum absolute atomic E-state index is 0.238. The number of nitrogens with one attached hydrogen (secondary N) is 1. The van der Waals surface area contributed by atoms with Gasteiger partial charge in [-0.15, -0.1) is 11.3 Å². The highest BCUT2D eigenvalue weighted by Crippen LogP contribution is 2.13. The Kier molecular flexibility index (Phi) is 3.74. The number of thiophene rings is 1. The van der Waals surface area contributed by atoms with E-state index >= 15 is 0 Å². The molecule has 0 amide bonds. The van der Waals surface area contributed by atoms with E-state index in [1.165, 1.54) is 4.88 Å². The summed E-state index contributed by atoms with van der Waals surface area (Å²) in [6.07, 6.45) is 1.71. The molecule has 1 aromatic heterocycles. The third-order valence-electron chi connectivity index (χ3n) is 2.26. The Hall–Kier alpha value is -2.14. The van der Waals surface area contributed by atoms with Gasteiger partial charge in [0.25, 0.3) is 0 Å². The van der Waals surface area contributed by atoms with E-state index in [9.17, 15) is 4.79 Å². The number of carbonyl (C=O) groups is 1. The summed E-state index contributed by atoms with van der Waals surface area (Å²) in [7, 11) is 0. The average molecular weight is 260 g/mol. The van der Waals surface area contributed by atoms with Gasteiger partial charge in [0, 0.05) is 9.75 Å². The van der Waals surface area contributed by atoms with Crippen molar-refractivity contribution in [2.45, 2.75) is 6.92 Å². The molecule has 1 aromatic carbocycles. The highest BCUT2D eigenvalue weighted by atomic mass is 32.1. The smallest absolute Gasteiger partial charge is 0.335 e. The molecular weight excluding hydrogens is 248 g/mol. The molecule has 0 aliphatic rings. The van der Waals surface area contributed by atoms with Gasteiger partial charge in [-0.3, -0.25) is 5.43 Å². The number of nitrogens with zero attached hydrogens (tertiary/aromatic N) is 1. The van der Waals surface area contributed by atoms with Crippen molar-refractivity contribution in [3.8, 4) is 0 Å². The first-order valence-electron chi connectivity index (χ1n) is 5.34. The van der Waals surface area contributed by atoms with Gasteiger partial charge in [0.15, 0.2) is 0 Å². The third kappa shape index (κ3) is 3.18. The first kappa shape index (κ1) is 12.3. The van der Waals surface area contributed by atoms with Crippen LogP contribution < -0.4 is 5.43 Å². The number of carboxylic acids is 1. The van der Waals surface area contributed by atoms with Gasteiger partial charge >= 0.3 is 5.97 Å². The lowest BCUT2D eigenvalue weighted by Crippen LogP contribution is -1.97. The SMILES string of the molecule is Cc1ccc(/C=N/Nc2cccc(C(=O)O)c2)s1. The molecule has 0 radical (unpaired) electrons. The van der Waals surface area contributed by atoms with Gasteiger partial charge < -0.3 is 5.11 Å². The summed E-state index contributed by atoms with van der Waals surface area (Å²) in [5, 5.41) is 12.9. The van der Waals surface area contributed by atoms with E-state index < -0.39 is 5.97 Å². The fourth-order valence-electron chi connectivity index (χ4n) is 1.42. The molecule has 0 aliphatic carbocycles. The fraction of sp³-hybridized carbons (Fsp3) is 0.0769. The van der Waals surface area contributed by atoms with E-state index in [-0.39, 0.29) is 5.56 Å². The second-order valence-corrected chi connectivity index (χ2v) is 5.02. The Labute approximate surface area is 109 Å². The second kappa shape index (κ2) is 5.46. The largest absolute Gasteiger partial charge is 0.478 e. The zero-order chi connectivity index (χ0) is 13.0. The Morgan fingerprint density at radius 1 is 1.39 bits per heavy atom. The summed E-state index contributed by atoms with van der Waals surface area (Å²) < 4.78 is 0. The molecule has 0 saturated heterocycles. The lowest BCUT2D eigenvalue weighted by molar-refractivity contribution is 0.0697. The topological polar surface area (TPSA) is 61.7 Å². The van der Waals surface area contributed by atoms with Gasteiger partial charge in [-0.25, -0.2) is 4.79 Å². The van der Waals surface area contributed by atoms with Crippen molar-refractivity contribution in [2.75, 3.05) is 5.43 Å². The molecule has 0 atom stereocenters. The molecule has 4 nitrogen and oxygen atoms in total. The molecule has 0 aliphatic heterocycles. The first-order valence-corrected chi connectivity index (χ1v) is 6.16. The van der Waals surface area contributed by atoms with Crippen LogP contribution in [0.3, 0.4) is 0 Å². The molecule has 0 saturated carbocycles. The van der Waals surface area contributed by atoms with Gasteiger partial charge in [-0.2, -0.15) is 5.10 Å². The lowest BCUT2D eigenvalue weighted by Gasteiger charge is -2.00. The normalized spacial score (nSPS) is 10.7. The summed E-state index contributed by atoms with van der Waals surface area (Å²) in [5.41, 5.74) is 3.70. The van der Waals surface area contributed by atoms with E-state index in [0.717, 1.165) is 4.88 Å². The fourth-order valence-corrected chi connectivity index (χ4v) is 2.16. The van der Waals surface area contributed by atoms with Crippen molar-refractivity contribution < 1.29 is 9.90 Å². The van der Waals surface area contributed by atoms with Crippen LogP contribution in [0.5, 0.6) is 0 Å². The maximum atomic E-state index is 10.8.